The third kappa shape index (κ3) is 3.05. The number of benzene rings is 1. The molecule has 0 aliphatic carbocycles. The van der Waals surface area contributed by atoms with Crippen molar-refractivity contribution >= 4 is 60.4 Å². The number of fused-ring (bicyclic) bond motifs is 2. The van der Waals surface area contributed by atoms with E-state index < -0.39 is 0 Å². The molecule has 3 aromatic heterocycles. The van der Waals surface area contributed by atoms with Crippen molar-refractivity contribution in [3.05, 3.63) is 52.8 Å². The van der Waals surface area contributed by atoms with Gasteiger partial charge in [0.15, 0.2) is 0 Å². The zero-order valence-corrected chi connectivity index (χ0v) is 16.0. The molecule has 0 fully saturated rings. The molecular formula is C18H12N4OS3. The molecule has 0 aliphatic heterocycles. The molecule has 26 heavy (non-hydrogen) atoms. The summed E-state index contributed by atoms with van der Waals surface area (Å²) in [5, 5.41) is 24.2. The Morgan fingerprint density at radius 3 is 2.92 bits per heavy atom. The van der Waals surface area contributed by atoms with Crippen LogP contribution in [0, 0.1) is 11.3 Å². The van der Waals surface area contributed by atoms with E-state index >= 15 is 0 Å². The largest absolute Gasteiger partial charge is 0.510 e. The molecule has 0 amide bonds. The summed E-state index contributed by atoms with van der Waals surface area (Å²) in [6, 6.07) is 11.8. The number of aromatic nitrogens is 3. The van der Waals surface area contributed by atoms with E-state index in [1.165, 1.54) is 29.4 Å². The number of aliphatic hydroxyl groups excluding tert-OH is 1. The highest BCUT2D eigenvalue weighted by atomic mass is 32.2. The van der Waals surface area contributed by atoms with Crippen molar-refractivity contribution in [2.75, 3.05) is 0 Å². The highest BCUT2D eigenvalue weighted by molar-refractivity contribution is 8.00. The van der Waals surface area contributed by atoms with Gasteiger partial charge >= 0.3 is 0 Å². The van der Waals surface area contributed by atoms with Crippen LogP contribution in [0.4, 0.5) is 0 Å². The minimum Gasteiger partial charge on any atom is -0.510 e. The summed E-state index contributed by atoms with van der Waals surface area (Å²) in [6.45, 7) is 1.85. The van der Waals surface area contributed by atoms with Crippen molar-refractivity contribution in [2.24, 2.45) is 0 Å². The molecule has 1 aromatic carbocycles. The Labute approximate surface area is 161 Å². The van der Waals surface area contributed by atoms with Crippen LogP contribution in [-0.4, -0.2) is 25.3 Å². The van der Waals surface area contributed by atoms with Crippen LogP contribution in [0.15, 0.2) is 52.8 Å². The van der Waals surface area contributed by atoms with E-state index in [0.29, 0.717) is 5.01 Å². The molecule has 0 aliphatic rings. The number of rotatable bonds is 4. The van der Waals surface area contributed by atoms with Gasteiger partial charge in [-0.15, -0.1) is 22.7 Å². The van der Waals surface area contributed by atoms with Crippen LogP contribution in [0.5, 0.6) is 0 Å². The smallest absolute Gasteiger partial charge is 0.138 e. The van der Waals surface area contributed by atoms with E-state index in [1.54, 1.807) is 11.3 Å². The molecule has 4 aromatic rings. The highest BCUT2D eigenvalue weighted by Gasteiger charge is 2.20. The second kappa shape index (κ2) is 7.03. The molecule has 0 radical (unpaired) electrons. The van der Waals surface area contributed by atoms with Crippen LogP contribution in [0.25, 0.3) is 26.0 Å². The van der Waals surface area contributed by atoms with Gasteiger partial charge in [0.1, 0.15) is 38.6 Å². The molecule has 3 heterocycles. The van der Waals surface area contributed by atoms with E-state index in [-0.39, 0.29) is 16.6 Å². The molecule has 0 bridgehead atoms. The van der Waals surface area contributed by atoms with Crippen molar-refractivity contribution < 1.29 is 5.11 Å². The summed E-state index contributed by atoms with van der Waals surface area (Å²) < 4.78 is 0.985. The van der Waals surface area contributed by atoms with Crippen LogP contribution in [0.3, 0.4) is 0 Å². The Balaban J connectivity index is 1.70. The second-order valence-corrected chi connectivity index (χ2v) is 8.69. The lowest BCUT2D eigenvalue weighted by Crippen LogP contribution is -2.04. The summed E-state index contributed by atoms with van der Waals surface area (Å²) in [6.07, 6.45) is 1.52. The van der Waals surface area contributed by atoms with Gasteiger partial charge in [-0.2, -0.15) is 5.26 Å². The molecule has 0 unspecified atom stereocenters. The first kappa shape index (κ1) is 17.0. The van der Waals surface area contributed by atoms with Gasteiger partial charge in [0.05, 0.1) is 15.5 Å². The molecule has 4 rings (SSSR count). The van der Waals surface area contributed by atoms with Gasteiger partial charge < -0.3 is 5.11 Å². The summed E-state index contributed by atoms with van der Waals surface area (Å²) in [4.78, 5) is 13.9. The highest BCUT2D eigenvalue weighted by Crippen LogP contribution is 2.35. The molecule has 5 nitrogen and oxygen atoms in total. The van der Waals surface area contributed by atoms with Crippen molar-refractivity contribution in [1.29, 1.82) is 5.26 Å². The van der Waals surface area contributed by atoms with Gasteiger partial charge in [0, 0.05) is 5.39 Å². The number of nitriles is 1. The van der Waals surface area contributed by atoms with Crippen LogP contribution in [-0.2, 0) is 0 Å². The first-order chi connectivity index (χ1) is 12.7. The minimum absolute atomic E-state index is 0.0125. The lowest BCUT2D eigenvalue weighted by Gasteiger charge is -2.11. The average Bonchev–Trinajstić information content (AvgIpc) is 3.29. The lowest BCUT2D eigenvalue weighted by atomic mass is 10.2. The number of thioether (sulfide) groups is 1. The number of allylic oxidation sites excluding steroid dienone is 1. The third-order valence-corrected chi connectivity index (χ3v) is 6.77. The topological polar surface area (TPSA) is 82.7 Å². The first-order valence-electron chi connectivity index (χ1n) is 7.71. The summed E-state index contributed by atoms with van der Waals surface area (Å²) in [5.74, 6) is 0.0125. The monoisotopic (exact) mass is 396 g/mol. The predicted molar refractivity (Wildman–Crippen MR) is 108 cm³/mol. The zero-order valence-electron chi connectivity index (χ0n) is 13.6. The van der Waals surface area contributed by atoms with Gasteiger partial charge in [-0.3, -0.25) is 0 Å². The van der Waals surface area contributed by atoms with E-state index in [9.17, 15) is 10.4 Å². The number of para-hydroxylation sites is 1. The summed E-state index contributed by atoms with van der Waals surface area (Å²) in [7, 11) is 0. The number of thiophene rings is 1. The molecule has 128 valence electrons. The molecule has 0 saturated carbocycles. The molecule has 0 saturated heterocycles. The normalized spacial score (nSPS) is 13.5. The van der Waals surface area contributed by atoms with E-state index in [4.69, 9.17) is 0 Å². The zero-order chi connectivity index (χ0) is 18.1. The fraction of sp³-hybridized carbons (Fsp3) is 0.111. The van der Waals surface area contributed by atoms with Gasteiger partial charge in [0.2, 0.25) is 0 Å². The lowest BCUT2D eigenvalue weighted by molar-refractivity contribution is 0.402. The van der Waals surface area contributed by atoms with E-state index in [0.717, 1.165) is 25.5 Å². The Morgan fingerprint density at radius 2 is 2.12 bits per heavy atom. The first-order valence-corrected chi connectivity index (χ1v) is 10.3. The van der Waals surface area contributed by atoms with Crippen LogP contribution >= 0.6 is 34.4 Å². The number of nitrogens with zero attached hydrogens (tertiary/aromatic N) is 4. The van der Waals surface area contributed by atoms with Crippen molar-refractivity contribution in [1.82, 2.24) is 15.0 Å². The van der Waals surface area contributed by atoms with Crippen LogP contribution in [0.1, 0.15) is 11.9 Å². The fourth-order valence-electron chi connectivity index (χ4n) is 2.48. The third-order valence-electron chi connectivity index (χ3n) is 3.77. The number of aliphatic hydroxyl groups is 1. The van der Waals surface area contributed by atoms with E-state index in [2.05, 4.69) is 21.0 Å². The maximum atomic E-state index is 10.7. The molecule has 8 heteroatoms. The fourth-order valence-corrected chi connectivity index (χ4v) is 5.21. The Morgan fingerprint density at radius 1 is 1.27 bits per heavy atom. The minimum atomic E-state index is -0.338. The van der Waals surface area contributed by atoms with Crippen molar-refractivity contribution in [2.45, 2.75) is 17.2 Å². The molecular weight excluding hydrogens is 384 g/mol. The Bertz CT molecular complexity index is 1140. The molecule has 1 atom stereocenters. The Hall–Kier alpha value is -2.47. The average molecular weight is 397 g/mol. The van der Waals surface area contributed by atoms with Gasteiger partial charge in [-0.05, 0) is 30.5 Å². The van der Waals surface area contributed by atoms with Crippen LogP contribution < -0.4 is 0 Å². The van der Waals surface area contributed by atoms with Gasteiger partial charge in [0.25, 0.3) is 0 Å². The maximum Gasteiger partial charge on any atom is 0.138 e. The quantitative estimate of drug-likeness (QED) is 0.219. The number of thiazole rings is 1. The molecule has 1 N–H and O–H groups in total. The standard InChI is InChI=1S/C18H12N4OS3/c1-10(25-17-11-6-7-24-16(11)20-9-21-17)15(23)12(8-19)18-22-13-4-2-3-5-14(13)26-18/h2-7,9-10,23H,1H3/t10-/m1/s1. The van der Waals surface area contributed by atoms with Crippen molar-refractivity contribution in [3.8, 4) is 6.07 Å². The van der Waals surface area contributed by atoms with Crippen LogP contribution in [0.2, 0.25) is 0 Å². The van der Waals surface area contributed by atoms with Gasteiger partial charge in [-0.25, -0.2) is 15.0 Å². The van der Waals surface area contributed by atoms with Crippen molar-refractivity contribution in [3.63, 3.8) is 0 Å². The Kier molecular flexibility index (Phi) is 4.59. The second-order valence-electron chi connectivity index (χ2n) is 5.44. The molecule has 0 spiro atoms. The number of hydrogen-bond acceptors (Lipinski definition) is 8. The predicted octanol–water partition coefficient (Wildman–Crippen LogP) is 5.27. The summed E-state index contributed by atoms with van der Waals surface area (Å²) >= 11 is 4.35. The van der Waals surface area contributed by atoms with Gasteiger partial charge in [-0.1, -0.05) is 23.9 Å². The van der Waals surface area contributed by atoms with E-state index in [1.807, 2.05) is 42.6 Å². The number of hydrogen-bond donors (Lipinski definition) is 1. The SMILES string of the molecule is C[C@@H](Sc1ncnc2sccc12)C(O)=C(C#N)c1nc2ccccc2s1. The maximum absolute atomic E-state index is 10.7. The summed E-state index contributed by atoms with van der Waals surface area (Å²) in [5.41, 5.74) is 1.03.